The fraction of sp³-hybridized carbons (Fsp3) is 0.303. The smallest absolute Gasteiger partial charge is 0.303 e. The van der Waals surface area contributed by atoms with E-state index in [2.05, 4.69) is 33.4 Å². The van der Waals surface area contributed by atoms with E-state index in [1.807, 2.05) is 26.8 Å². The lowest BCUT2D eigenvalue weighted by atomic mass is 9.98. The number of rotatable bonds is 12. The summed E-state index contributed by atoms with van der Waals surface area (Å²) < 4.78 is 0. The van der Waals surface area contributed by atoms with Crippen LogP contribution in [0.4, 0.5) is 0 Å². The Bertz CT molecular complexity index is 1790. The Balaban J connectivity index is 1.87. The monoisotopic (exact) mass is 584 g/mol. The minimum Gasteiger partial charge on any atom is -0.481 e. The van der Waals surface area contributed by atoms with Gasteiger partial charge in [0.2, 0.25) is 0 Å². The van der Waals surface area contributed by atoms with E-state index in [1.165, 1.54) is 0 Å². The van der Waals surface area contributed by atoms with Gasteiger partial charge in [-0.3, -0.25) is 19.2 Å². The number of allylic oxidation sites excluding steroid dienone is 2. The molecule has 0 fully saturated rings. The summed E-state index contributed by atoms with van der Waals surface area (Å²) in [6.45, 7) is 14.9. The first-order valence-corrected chi connectivity index (χ1v) is 14.0. The van der Waals surface area contributed by atoms with Crippen molar-refractivity contribution in [3.63, 3.8) is 0 Å². The van der Waals surface area contributed by atoms with Crippen molar-refractivity contribution in [2.75, 3.05) is 0 Å². The van der Waals surface area contributed by atoms with Crippen molar-refractivity contribution in [2.45, 2.75) is 65.8 Å². The van der Waals surface area contributed by atoms with Crippen molar-refractivity contribution >= 4 is 41.6 Å². The highest BCUT2D eigenvalue weighted by molar-refractivity contribution is 6.32. The molecule has 5 N–H and O–H groups in total. The molecule has 10 nitrogen and oxygen atoms in total. The zero-order valence-electron chi connectivity index (χ0n) is 24.8. The average molecular weight is 585 g/mol. The molecule has 0 radical (unpaired) electrons. The normalized spacial score (nSPS) is 17.7. The molecular weight excluding hydrogens is 548 g/mol. The van der Waals surface area contributed by atoms with Crippen molar-refractivity contribution in [2.24, 2.45) is 4.99 Å². The second-order valence-electron chi connectivity index (χ2n) is 10.8. The molecule has 0 aliphatic carbocycles. The number of hydrogen-bond donors (Lipinski definition) is 5. The summed E-state index contributed by atoms with van der Waals surface area (Å²) in [5.74, 6) is -2.36. The number of H-pyrrole nitrogens is 2. The molecule has 0 unspecified atom stereocenters. The van der Waals surface area contributed by atoms with E-state index in [1.54, 1.807) is 25.2 Å². The van der Waals surface area contributed by atoms with Gasteiger partial charge in [0.1, 0.15) is 0 Å². The molecule has 10 heteroatoms. The zero-order valence-corrected chi connectivity index (χ0v) is 24.8. The van der Waals surface area contributed by atoms with Gasteiger partial charge >= 0.3 is 11.9 Å². The van der Waals surface area contributed by atoms with Gasteiger partial charge < -0.3 is 25.5 Å². The maximum atomic E-state index is 12.4. The molecule has 1 atom stereocenters. The quantitative estimate of drug-likeness (QED) is 0.257. The molecule has 2 aliphatic rings. The number of nitrogens with one attached hydrogen (secondary N) is 3. The lowest BCUT2D eigenvalue weighted by molar-refractivity contribution is -0.138. The summed E-state index contributed by atoms with van der Waals surface area (Å²) in [6.07, 6.45) is 7.62. The number of aromatic amines is 2. The second-order valence-corrected chi connectivity index (χ2v) is 10.8. The van der Waals surface area contributed by atoms with E-state index in [9.17, 15) is 29.4 Å². The van der Waals surface area contributed by atoms with Gasteiger partial charge in [-0.1, -0.05) is 25.3 Å². The molecule has 0 aromatic carbocycles. The third kappa shape index (κ3) is 6.28. The van der Waals surface area contributed by atoms with Crippen molar-refractivity contribution in [1.82, 2.24) is 15.3 Å². The maximum absolute atomic E-state index is 12.4. The van der Waals surface area contributed by atoms with Crippen LogP contribution in [-0.4, -0.2) is 55.7 Å². The van der Waals surface area contributed by atoms with Crippen molar-refractivity contribution in [3.8, 4) is 0 Å². The predicted molar refractivity (Wildman–Crippen MR) is 164 cm³/mol. The Kier molecular flexibility index (Phi) is 8.99. The number of aromatic nitrogens is 2. The maximum Gasteiger partial charge on any atom is 0.303 e. The van der Waals surface area contributed by atoms with Gasteiger partial charge in [-0.2, -0.15) is 0 Å². The topological polar surface area (TPSA) is 165 Å². The average Bonchev–Trinajstić information content (AvgIpc) is 3.59. The van der Waals surface area contributed by atoms with Crippen LogP contribution < -0.4 is 16.0 Å². The van der Waals surface area contributed by atoms with Crippen LogP contribution in [-0.2, 0) is 38.4 Å². The fourth-order valence-corrected chi connectivity index (χ4v) is 5.68. The zero-order chi connectivity index (χ0) is 31.6. The van der Waals surface area contributed by atoms with E-state index in [4.69, 9.17) is 0 Å². The number of nitrogens with zero attached hydrogens (tertiary/aromatic N) is 1. The molecule has 0 saturated heterocycles. The highest BCUT2D eigenvalue weighted by Crippen LogP contribution is 2.26. The molecule has 2 amide bonds. The molecule has 4 rings (SSSR count). The lowest BCUT2D eigenvalue weighted by Gasteiger charge is -2.12. The summed E-state index contributed by atoms with van der Waals surface area (Å²) in [4.78, 5) is 58.6. The molecule has 0 bridgehead atoms. The summed E-state index contributed by atoms with van der Waals surface area (Å²) >= 11 is 0. The first-order valence-electron chi connectivity index (χ1n) is 14.0. The van der Waals surface area contributed by atoms with Crippen LogP contribution in [0.5, 0.6) is 0 Å². The molecule has 43 heavy (non-hydrogen) atoms. The van der Waals surface area contributed by atoms with Gasteiger partial charge in [0.25, 0.3) is 11.8 Å². The molecule has 2 aliphatic heterocycles. The lowest BCUT2D eigenvalue weighted by Crippen LogP contribution is -2.30. The number of carbonyl (C=O) groups is 4. The first kappa shape index (κ1) is 31.0. The number of carboxylic acid groups (broad SMARTS) is 2. The van der Waals surface area contributed by atoms with E-state index in [-0.39, 0.29) is 43.5 Å². The predicted octanol–water partition coefficient (Wildman–Crippen LogP) is 2.63. The van der Waals surface area contributed by atoms with Crippen LogP contribution in [0.25, 0.3) is 12.2 Å². The Hall–Kier alpha value is -4.99. The van der Waals surface area contributed by atoms with E-state index >= 15 is 0 Å². The van der Waals surface area contributed by atoms with Crippen molar-refractivity contribution < 1.29 is 29.4 Å². The van der Waals surface area contributed by atoms with Crippen LogP contribution in [0.3, 0.4) is 0 Å². The molecule has 4 heterocycles. The van der Waals surface area contributed by atoms with Gasteiger partial charge in [0, 0.05) is 58.1 Å². The number of carbonyl (C=O) groups excluding carboxylic acids is 2. The van der Waals surface area contributed by atoms with E-state index in [0.717, 1.165) is 33.5 Å². The van der Waals surface area contributed by atoms with Crippen LogP contribution in [0, 0.1) is 13.8 Å². The van der Waals surface area contributed by atoms with Gasteiger partial charge in [0.15, 0.2) is 0 Å². The number of carboxylic acids is 2. The molecule has 2 aromatic rings. The Morgan fingerprint density at radius 1 is 0.860 bits per heavy atom. The molecule has 0 spiro atoms. The summed E-state index contributed by atoms with van der Waals surface area (Å²) in [5.41, 5.74) is 7.95. The van der Waals surface area contributed by atoms with Crippen LogP contribution >= 0.6 is 0 Å². The minimum absolute atomic E-state index is 0.0722. The summed E-state index contributed by atoms with van der Waals surface area (Å²) in [7, 11) is 0. The number of aliphatic imine (C=N–C) groups is 1. The largest absolute Gasteiger partial charge is 0.481 e. The third-order valence-corrected chi connectivity index (χ3v) is 8.25. The van der Waals surface area contributed by atoms with Crippen molar-refractivity contribution in [1.29, 1.82) is 0 Å². The van der Waals surface area contributed by atoms with Crippen LogP contribution in [0.15, 0.2) is 52.6 Å². The van der Waals surface area contributed by atoms with Gasteiger partial charge in [0.05, 0.1) is 11.8 Å². The van der Waals surface area contributed by atoms with Crippen LogP contribution in [0.1, 0.15) is 60.3 Å². The van der Waals surface area contributed by atoms with E-state index < -0.39 is 11.9 Å². The Labute approximate surface area is 249 Å². The number of aliphatic carboxylic acids is 2. The highest BCUT2D eigenvalue weighted by atomic mass is 16.4. The molecule has 224 valence electrons. The molecule has 0 saturated carbocycles. The van der Waals surface area contributed by atoms with Crippen molar-refractivity contribution in [3.05, 3.63) is 91.9 Å². The minimum atomic E-state index is -0.934. The third-order valence-electron chi connectivity index (χ3n) is 8.25. The molecule has 2 aromatic heterocycles. The van der Waals surface area contributed by atoms with Crippen LogP contribution in [0.2, 0.25) is 0 Å². The summed E-state index contributed by atoms with van der Waals surface area (Å²) in [6, 6.07) is -0.233. The van der Waals surface area contributed by atoms with Gasteiger partial charge in [-0.05, 0) is 80.5 Å². The highest BCUT2D eigenvalue weighted by Gasteiger charge is 2.28. The summed E-state index contributed by atoms with van der Waals surface area (Å²) in [5, 5.41) is 23.2. The van der Waals surface area contributed by atoms with E-state index in [0.29, 0.717) is 45.2 Å². The number of hydrogen-bond acceptors (Lipinski definition) is 4. The Morgan fingerprint density at radius 3 is 2.07 bits per heavy atom. The molecular formula is C33H36N4O6. The second kappa shape index (κ2) is 12.5. The SMILES string of the molecule is C=CC1=C(C)C(=O)N=C1/C=c1\[nH]/c(=C\c2[nH]c(C[C@H]3NC(=O)C(C=C)=C3C)c(C)c2CCC(=O)O)c(CCC(=O)O)c1C. The first-order chi connectivity index (χ1) is 20.4. The Morgan fingerprint density at radius 2 is 1.49 bits per heavy atom. The standard InChI is InChI=1S/C33H36N4O6/c1-7-20-19(6)32(42)37-27(20)14-25-18(5)23(10-12-31(40)41)29(35-25)15-28-22(9-11-30(38)39)17(4)24(34-28)13-26-16(3)21(8-2)33(43)36-26/h7-8,14-15,26,34-35H,1-2,9-13H2,3-6H3,(H,36,43)(H,38,39)(H,40,41)/b25-14-,29-15-/t26-/m1/s1. The fourth-order valence-electron chi connectivity index (χ4n) is 5.68. The van der Waals surface area contributed by atoms with Gasteiger partial charge in [-0.25, -0.2) is 4.99 Å². The van der Waals surface area contributed by atoms with Gasteiger partial charge in [-0.15, -0.1) is 0 Å². The number of amides is 2.